The van der Waals surface area contributed by atoms with Crippen LogP contribution in [0.5, 0.6) is 0 Å². The lowest BCUT2D eigenvalue weighted by Crippen LogP contribution is -2.25. The smallest absolute Gasteiger partial charge is 0.332 e. The number of halogens is 2. The Kier molecular flexibility index (Phi) is 6.14. The summed E-state index contributed by atoms with van der Waals surface area (Å²) in [6.07, 6.45) is 1.05. The molecule has 0 unspecified atom stereocenters. The first-order chi connectivity index (χ1) is 11.1. The summed E-state index contributed by atoms with van der Waals surface area (Å²) in [7, 11) is 0. The van der Waals surface area contributed by atoms with E-state index in [0.29, 0.717) is 5.69 Å². The number of rotatable bonds is 6. The number of allylic oxidation sites excluding steroid dienone is 1. The minimum Gasteiger partial charge on any atom is -0.463 e. The highest BCUT2D eigenvalue weighted by molar-refractivity contribution is 14.1. The Morgan fingerprint density at radius 1 is 1.39 bits per heavy atom. The van der Waals surface area contributed by atoms with Gasteiger partial charge in [0.25, 0.3) is 5.91 Å². The van der Waals surface area contributed by atoms with E-state index in [1.807, 2.05) is 47.1 Å². The number of para-hydroxylation sites is 1. The van der Waals surface area contributed by atoms with E-state index in [0.717, 1.165) is 17.0 Å². The molecule has 0 aliphatic carbocycles. The molecule has 0 saturated carbocycles. The molecule has 122 valence electrons. The fraction of sp³-hybridized carbons (Fsp3) is 0.250. The first-order valence-electron chi connectivity index (χ1n) is 7.08. The van der Waals surface area contributed by atoms with Crippen molar-refractivity contribution in [3.63, 3.8) is 0 Å². The normalized spacial score (nSPS) is 11.5. The number of carbonyl (C=O) groups excluding carboxylic acids is 2. The molecule has 5 nitrogen and oxygen atoms in total. The SMILES string of the molecule is CCOC(=O)/C=C(/CCF)NC(=O)c1cc2ccccc2n1I. The van der Waals surface area contributed by atoms with Gasteiger partial charge < -0.3 is 10.1 Å². The van der Waals surface area contributed by atoms with Crippen molar-refractivity contribution in [2.45, 2.75) is 13.3 Å². The van der Waals surface area contributed by atoms with Crippen molar-refractivity contribution >= 4 is 45.6 Å². The van der Waals surface area contributed by atoms with Crippen molar-refractivity contribution in [1.29, 1.82) is 0 Å². The number of nitrogens with one attached hydrogen (secondary N) is 1. The van der Waals surface area contributed by atoms with Crippen LogP contribution in [-0.2, 0) is 9.53 Å². The summed E-state index contributed by atoms with van der Waals surface area (Å²) < 4.78 is 19.1. The molecule has 23 heavy (non-hydrogen) atoms. The van der Waals surface area contributed by atoms with Gasteiger partial charge in [0.15, 0.2) is 0 Å². The largest absolute Gasteiger partial charge is 0.463 e. The van der Waals surface area contributed by atoms with E-state index in [1.54, 1.807) is 15.8 Å². The number of carbonyl (C=O) groups is 2. The number of alkyl halides is 1. The maximum atomic E-state index is 12.6. The summed E-state index contributed by atoms with van der Waals surface area (Å²) in [5.41, 5.74) is 1.51. The number of nitrogens with zero attached hydrogens (tertiary/aromatic N) is 1. The van der Waals surface area contributed by atoms with Gasteiger partial charge in [-0.05, 0) is 19.1 Å². The van der Waals surface area contributed by atoms with Gasteiger partial charge in [-0.1, -0.05) is 18.2 Å². The van der Waals surface area contributed by atoms with Gasteiger partial charge >= 0.3 is 5.97 Å². The van der Waals surface area contributed by atoms with Crippen LogP contribution < -0.4 is 5.32 Å². The standard InChI is InChI=1S/C16H16FIN2O3/c1-2-23-15(21)10-12(7-8-17)19-16(22)14-9-11-5-3-4-6-13(11)20(14)18/h3-6,9-10H,2,7-8H2,1H3,(H,19,22)/b12-10-. The maximum absolute atomic E-state index is 12.6. The number of amides is 1. The first kappa shape index (κ1) is 17.5. The number of hydrogen-bond donors (Lipinski definition) is 1. The van der Waals surface area contributed by atoms with Crippen LogP contribution in [-0.4, -0.2) is 27.9 Å². The van der Waals surface area contributed by atoms with Gasteiger partial charge in [0.1, 0.15) is 5.69 Å². The van der Waals surface area contributed by atoms with E-state index < -0.39 is 18.6 Å². The van der Waals surface area contributed by atoms with Crippen LogP contribution in [0, 0.1) is 0 Å². The fourth-order valence-corrected chi connectivity index (χ4v) is 2.88. The van der Waals surface area contributed by atoms with Crippen molar-refractivity contribution in [1.82, 2.24) is 8.10 Å². The molecule has 0 spiro atoms. The molecule has 1 aromatic heterocycles. The van der Waals surface area contributed by atoms with Crippen LogP contribution in [0.2, 0.25) is 0 Å². The quantitative estimate of drug-likeness (QED) is 0.435. The van der Waals surface area contributed by atoms with E-state index in [9.17, 15) is 14.0 Å². The van der Waals surface area contributed by atoms with Crippen LogP contribution in [0.15, 0.2) is 42.1 Å². The lowest BCUT2D eigenvalue weighted by atomic mass is 10.2. The molecule has 1 aromatic carbocycles. The first-order valence-corrected chi connectivity index (χ1v) is 8.04. The molecule has 0 atom stereocenters. The molecule has 7 heteroatoms. The number of esters is 1. The fourth-order valence-electron chi connectivity index (χ4n) is 2.09. The Labute approximate surface area is 147 Å². The lowest BCUT2D eigenvalue weighted by Gasteiger charge is -2.08. The number of ether oxygens (including phenoxy) is 1. The van der Waals surface area contributed by atoms with Crippen molar-refractivity contribution < 1.29 is 18.7 Å². The Morgan fingerprint density at radius 3 is 2.78 bits per heavy atom. The predicted octanol–water partition coefficient (Wildman–Crippen LogP) is 3.38. The van der Waals surface area contributed by atoms with Crippen LogP contribution >= 0.6 is 22.9 Å². The second-order valence-electron chi connectivity index (χ2n) is 4.68. The predicted molar refractivity (Wildman–Crippen MR) is 94.1 cm³/mol. The minimum absolute atomic E-state index is 0.0635. The van der Waals surface area contributed by atoms with Gasteiger partial charge in [0, 0.05) is 23.6 Å². The zero-order valence-electron chi connectivity index (χ0n) is 12.5. The topological polar surface area (TPSA) is 60.3 Å². The van der Waals surface area contributed by atoms with Crippen LogP contribution in [0.1, 0.15) is 23.8 Å². The number of hydrogen-bond acceptors (Lipinski definition) is 3. The van der Waals surface area contributed by atoms with Gasteiger partial charge in [0.05, 0.1) is 41.7 Å². The molecular formula is C16H16FIN2O3. The summed E-state index contributed by atoms with van der Waals surface area (Å²) in [6.45, 7) is 1.21. The van der Waals surface area contributed by atoms with E-state index in [2.05, 4.69) is 5.32 Å². The second kappa shape index (κ2) is 8.09. The molecule has 1 N–H and O–H groups in total. The highest BCUT2D eigenvalue weighted by atomic mass is 127. The summed E-state index contributed by atoms with van der Waals surface area (Å²) in [4.78, 5) is 23.9. The molecular weight excluding hydrogens is 414 g/mol. The Hall–Kier alpha value is -1.90. The third-order valence-corrected chi connectivity index (χ3v) is 4.14. The average molecular weight is 430 g/mol. The van der Waals surface area contributed by atoms with Crippen molar-refractivity contribution in [2.75, 3.05) is 13.3 Å². The molecule has 0 aliphatic heterocycles. The molecule has 2 aromatic rings. The second-order valence-corrected chi connectivity index (χ2v) is 5.65. The minimum atomic E-state index is -0.682. The van der Waals surface area contributed by atoms with Crippen LogP contribution in [0.4, 0.5) is 4.39 Å². The van der Waals surface area contributed by atoms with E-state index in [4.69, 9.17) is 4.74 Å². The van der Waals surface area contributed by atoms with Crippen molar-refractivity contribution in [3.8, 4) is 0 Å². The number of aromatic nitrogens is 1. The Bertz CT molecular complexity index is 755. The third kappa shape index (κ3) is 4.31. The van der Waals surface area contributed by atoms with E-state index in [1.165, 1.54) is 0 Å². The number of benzene rings is 1. The Balaban J connectivity index is 2.23. The summed E-state index contributed by atoms with van der Waals surface area (Å²) in [6, 6.07) is 9.31. The lowest BCUT2D eigenvalue weighted by molar-refractivity contribution is -0.137. The summed E-state index contributed by atoms with van der Waals surface area (Å²) in [5, 5.41) is 3.51. The van der Waals surface area contributed by atoms with Gasteiger partial charge in [-0.15, -0.1) is 0 Å². The summed E-state index contributed by atoms with van der Waals surface area (Å²) in [5.74, 6) is -1.01. The van der Waals surface area contributed by atoms with E-state index in [-0.39, 0.29) is 18.7 Å². The highest BCUT2D eigenvalue weighted by Crippen LogP contribution is 2.22. The van der Waals surface area contributed by atoms with Crippen LogP contribution in [0.3, 0.4) is 0 Å². The highest BCUT2D eigenvalue weighted by Gasteiger charge is 2.16. The zero-order valence-corrected chi connectivity index (χ0v) is 14.7. The van der Waals surface area contributed by atoms with Gasteiger partial charge in [0.2, 0.25) is 0 Å². The zero-order chi connectivity index (χ0) is 16.8. The molecule has 2 rings (SSSR count). The molecule has 0 radical (unpaired) electrons. The monoisotopic (exact) mass is 430 g/mol. The molecule has 0 saturated heterocycles. The molecule has 1 heterocycles. The van der Waals surface area contributed by atoms with Gasteiger partial charge in [-0.3, -0.25) is 12.0 Å². The van der Waals surface area contributed by atoms with E-state index >= 15 is 0 Å². The van der Waals surface area contributed by atoms with Crippen molar-refractivity contribution in [3.05, 3.63) is 47.8 Å². The Morgan fingerprint density at radius 2 is 2.13 bits per heavy atom. The molecule has 0 bridgehead atoms. The molecule has 0 fully saturated rings. The van der Waals surface area contributed by atoms with Crippen LogP contribution in [0.25, 0.3) is 10.9 Å². The molecule has 1 amide bonds. The van der Waals surface area contributed by atoms with Gasteiger partial charge in [-0.2, -0.15) is 0 Å². The summed E-state index contributed by atoms with van der Waals surface area (Å²) >= 11 is 2.03. The van der Waals surface area contributed by atoms with Crippen molar-refractivity contribution in [2.24, 2.45) is 0 Å². The molecule has 0 aliphatic rings. The average Bonchev–Trinajstić information content (AvgIpc) is 2.85. The third-order valence-electron chi connectivity index (χ3n) is 3.10. The number of fused-ring (bicyclic) bond motifs is 1. The van der Waals surface area contributed by atoms with Gasteiger partial charge in [-0.25, -0.2) is 4.79 Å². The maximum Gasteiger partial charge on any atom is 0.332 e.